The number of halogens is 1. The van der Waals surface area contributed by atoms with Crippen molar-refractivity contribution in [2.24, 2.45) is 0 Å². The fourth-order valence-electron chi connectivity index (χ4n) is 2.75. The van der Waals surface area contributed by atoms with Gasteiger partial charge in [0.1, 0.15) is 5.75 Å². The van der Waals surface area contributed by atoms with E-state index >= 15 is 0 Å². The van der Waals surface area contributed by atoms with Crippen LogP contribution in [-0.2, 0) is 4.79 Å². The number of carbonyl (C=O) groups is 2. The first-order valence-corrected chi connectivity index (χ1v) is 10.0. The van der Waals surface area contributed by atoms with Gasteiger partial charge in [0.15, 0.2) is 10.9 Å². The molecule has 0 aliphatic heterocycles. The van der Waals surface area contributed by atoms with Gasteiger partial charge in [0.05, 0.1) is 24.1 Å². The van der Waals surface area contributed by atoms with Crippen LogP contribution in [0.5, 0.6) is 5.75 Å². The molecule has 0 aliphatic rings. The quantitative estimate of drug-likeness (QED) is 0.375. The predicted molar refractivity (Wildman–Crippen MR) is 117 cm³/mol. The standard InChI is InChI=1S/C22H19ClN2O3S/c1-14-7-9-19(21(11-14)28-3)20(27)10-8-17-13-29-22(24-17)25(15(2)26)18-6-4-5-16(23)12-18/h4-13H,1-3H3. The molecule has 0 unspecified atom stereocenters. The fourth-order valence-corrected chi connectivity index (χ4v) is 3.79. The van der Waals surface area contributed by atoms with Gasteiger partial charge < -0.3 is 4.74 Å². The number of thiazole rings is 1. The highest BCUT2D eigenvalue weighted by Gasteiger charge is 2.18. The van der Waals surface area contributed by atoms with E-state index in [9.17, 15) is 9.59 Å². The summed E-state index contributed by atoms with van der Waals surface area (Å²) >= 11 is 7.36. The molecule has 0 radical (unpaired) electrons. The number of aryl methyl sites for hydroxylation is 1. The van der Waals surface area contributed by atoms with Crippen molar-refractivity contribution in [3.63, 3.8) is 0 Å². The van der Waals surface area contributed by atoms with Gasteiger partial charge in [-0.05, 0) is 55.0 Å². The third kappa shape index (κ3) is 4.91. The Morgan fingerprint density at radius 1 is 1.21 bits per heavy atom. The third-order valence-electron chi connectivity index (χ3n) is 4.11. The number of carbonyl (C=O) groups excluding carboxylic acids is 2. The monoisotopic (exact) mass is 426 g/mol. The van der Waals surface area contributed by atoms with Crippen LogP contribution in [0.2, 0.25) is 5.02 Å². The first-order chi connectivity index (χ1) is 13.9. The molecular formula is C22H19ClN2O3S. The van der Waals surface area contributed by atoms with E-state index in [1.165, 1.54) is 36.3 Å². The molecule has 0 fully saturated rings. The molecular weight excluding hydrogens is 408 g/mol. The van der Waals surface area contributed by atoms with E-state index < -0.39 is 0 Å². The number of aromatic nitrogens is 1. The molecule has 1 heterocycles. The molecule has 148 valence electrons. The summed E-state index contributed by atoms with van der Waals surface area (Å²) in [6, 6.07) is 12.4. The first kappa shape index (κ1) is 20.8. The van der Waals surface area contributed by atoms with Crippen molar-refractivity contribution >= 4 is 51.5 Å². The number of allylic oxidation sites excluding steroid dienone is 1. The van der Waals surface area contributed by atoms with Crippen LogP contribution in [0.4, 0.5) is 10.8 Å². The molecule has 0 N–H and O–H groups in total. The van der Waals surface area contributed by atoms with Crippen LogP contribution >= 0.6 is 22.9 Å². The second kappa shape index (κ2) is 9.03. The second-order valence-electron chi connectivity index (χ2n) is 6.29. The molecule has 5 nitrogen and oxygen atoms in total. The Bertz CT molecular complexity index is 1090. The highest BCUT2D eigenvalue weighted by Crippen LogP contribution is 2.31. The number of amides is 1. The Morgan fingerprint density at radius 3 is 2.69 bits per heavy atom. The summed E-state index contributed by atoms with van der Waals surface area (Å²) in [5, 5.41) is 2.81. The Morgan fingerprint density at radius 2 is 2.00 bits per heavy atom. The van der Waals surface area contributed by atoms with E-state index in [0.717, 1.165) is 5.56 Å². The summed E-state index contributed by atoms with van der Waals surface area (Å²) in [7, 11) is 1.54. The van der Waals surface area contributed by atoms with E-state index in [-0.39, 0.29) is 11.7 Å². The largest absolute Gasteiger partial charge is 0.496 e. The van der Waals surface area contributed by atoms with Crippen molar-refractivity contribution in [2.75, 3.05) is 12.0 Å². The Hall–Kier alpha value is -2.96. The number of rotatable bonds is 6. The summed E-state index contributed by atoms with van der Waals surface area (Å²) in [6.07, 6.45) is 3.07. The van der Waals surface area contributed by atoms with Crippen molar-refractivity contribution < 1.29 is 14.3 Å². The molecule has 7 heteroatoms. The maximum absolute atomic E-state index is 12.5. The molecule has 29 heavy (non-hydrogen) atoms. The van der Waals surface area contributed by atoms with E-state index in [4.69, 9.17) is 16.3 Å². The van der Waals surface area contributed by atoms with Gasteiger partial charge in [0, 0.05) is 17.3 Å². The van der Waals surface area contributed by atoms with Crippen molar-refractivity contribution in [1.29, 1.82) is 0 Å². The van der Waals surface area contributed by atoms with Crippen molar-refractivity contribution in [3.05, 3.63) is 75.8 Å². The van der Waals surface area contributed by atoms with Gasteiger partial charge in [-0.1, -0.05) is 23.7 Å². The minimum absolute atomic E-state index is 0.183. The molecule has 0 spiro atoms. The molecule has 0 bridgehead atoms. The summed E-state index contributed by atoms with van der Waals surface area (Å²) in [4.78, 5) is 30.7. The lowest BCUT2D eigenvalue weighted by molar-refractivity contribution is -0.115. The molecule has 1 aromatic heterocycles. The van der Waals surface area contributed by atoms with Gasteiger partial charge in [-0.15, -0.1) is 11.3 Å². The van der Waals surface area contributed by atoms with Gasteiger partial charge in [-0.2, -0.15) is 0 Å². The minimum atomic E-state index is -0.185. The number of nitrogens with zero attached hydrogens (tertiary/aromatic N) is 2. The highest BCUT2D eigenvalue weighted by atomic mass is 35.5. The van der Waals surface area contributed by atoms with Crippen LogP contribution in [0, 0.1) is 6.92 Å². The zero-order valence-corrected chi connectivity index (χ0v) is 17.8. The van der Waals surface area contributed by atoms with Gasteiger partial charge in [0.2, 0.25) is 5.91 Å². The molecule has 0 saturated carbocycles. The van der Waals surface area contributed by atoms with Crippen LogP contribution in [0.3, 0.4) is 0 Å². The maximum atomic E-state index is 12.5. The first-order valence-electron chi connectivity index (χ1n) is 8.78. The lowest BCUT2D eigenvalue weighted by atomic mass is 10.1. The van der Waals surface area contributed by atoms with Crippen molar-refractivity contribution in [1.82, 2.24) is 4.98 Å². The number of hydrogen-bond donors (Lipinski definition) is 0. The molecule has 0 atom stereocenters. The smallest absolute Gasteiger partial charge is 0.230 e. The predicted octanol–water partition coefficient (Wildman–Crippen LogP) is 5.69. The summed E-state index contributed by atoms with van der Waals surface area (Å²) in [6.45, 7) is 3.40. The van der Waals surface area contributed by atoms with Crippen LogP contribution in [-0.4, -0.2) is 23.8 Å². The van der Waals surface area contributed by atoms with Crippen molar-refractivity contribution in [2.45, 2.75) is 13.8 Å². The van der Waals surface area contributed by atoms with Crippen molar-refractivity contribution in [3.8, 4) is 5.75 Å². The van der Waals surface area contributed by atoms with E-state index in [1.54, 1.807) is 41.8 Å². The average Bonchev–Trinajstić information content (AvgIpc) is 3.14. The lowest BCUT2D eigenvalue weighted by Gasteiger charge is -2.18. The molecule has 1 amide bonds. The zero-order chi connectivity index (χ0) is 21.0. The van der Waals surface area contributed by atoms with Gasteiger partial charge in [-0.3, -0.25) is 14.5 Å². The highest BCUT2D eigenvalue weighted by molar-refractivity contribution is 7.14. The zero-order valence-electron chi connectivity index (χ0n) is 16.2. The van der Waals surface area contributed by atoms with Crippen LogP contribution in [0.1, 0.15) is 28.5 Å². The Labute approximate surface area is 178 Å². The SMILES string of the molecule is COc1cc(C)ccc1C(=O)C=Cc1csc(N(C(C)=O)c2cccc(Cl)c2)n1. The molecule has 3 aromatic rings. The summed E-state index contributed by atoms with van der Waals surface area (Å²) in [5.41, 5.74) is 2.71. The number of hydrogen-bond acceptors (Lipinski definition) is 5. The average molecular weight is 427 g/mol. The third-order valence-corrected chi connectivity index (χ3v) is 5.19. The van der Waals surface area contributed by atoms with Gasteiger partial charge in [0.25, 0.3) is 0 Å². The van der Waals surface area contributed by atoms with Crippen LogP contribution < -0.4 is 9.64 Å². The van der Waals surface area contributed by atoms with E-state index in [2.05, 4.69) is 4.98 Å². The fraction of sp³-hybridized carbons (Fsp3) is 0.136. The number of benzene rings is 2. The summed E-state index contributed by atoms with van der Waals surface area (Å²) in [5.74, 6) is 0.162. The van der Waals surface area contributed by atoms with Crippen LogP contribution in [0.15, 0.2) is 53.9 Å². The van der Waals surface area contributed by atoms with Crippen LogP contribution in [0.25, 0.3) is 6.08 Å². The molecule has 0 saturated heterocycles. The number of ether oxygens (including phenoxy) is 1. The van der Waals surface area contributed by atoms with Gasteiger partial charge in [-0.25, -0.2) is 4.98 Å². The number of ketones is 1. The maximum Gasteiger partial charge on any atom is 0.230 e. The number of methoxy groups -OCH3 is 1. The minimum Gasteiger partial charge on any atom is -0.496 e. The Kier molecular flexibility index (Phi) is 6.46. The normalized spacial score (nSPS) is 10.9. The molecule has 3 rings (SSSR count). The summed E-state index contributed by atoms with van der Waals surface area (Å²) < 4.78 is 5.30. The number of anilines is 2. The Balaban J connectivity index is 1.84. The molecule has 2 aromatic carbocycles. The second-order valence-corrected chi connectivity index (χ2v) is 7.56. The molecule has 0 aliphatic carbocycles. The van der Waals surface area contributed by atoms with Gasteiger partial charge >= 0.3 is 0 Å². The topological polar surface area (TPSA) is 59.5 Å². The van der Waals surface area contributed by atoms with E-state index in [0.29, 0.717) is 32.8 Å². The van der Waals surface area contributed by atoms with E-state index in [1.807, 2.05) is 19.1 Å². The lowest BCUT2D eigenvalue weighted by Crippen LogP contribution is -2.22.